The van der Waals surface area contributed by atoms with Crippen LogP contribution in [0.5, 0.6) is 0 Å². The molecule has 1 aromatic carbocycles. The van der Waals surface area contributed by atoms with Gasteiger partial charge in [-0.15, -0.1) is 11.3 Å². The minimum atomic E-state index is -0.0784. The first-order chi connectivity index (χ1) is 9.78. The van der Waals surface area contributed by atoms with E-state index in [-0.39, 0.29) is 12.5 Å². The number of amides is 1. The monoisotopic (exact) mass is 287 g/mol. The van der Waals surface area contributed by atoms with E-state index in [1.165, 1.54) is 23.3 Å². The number of anilines is 1. The van der Waals surface area contributed by atoms with Gasteiger partial charge in [0.15, 0.2) is 0 Å². The molecular formula is C16H17NO2S. The number of aliphatic hydroxyl groups is 1. The molecule has 1 amide bonds. The number of nitrogens with one attached hydrogen (secondary N) is 1. The molecule has 3 nitrogen and oxygen atoms in total. The van der Waals surface area contributed by atoms with Crippen LogP contribution >= 0.6 is 11.3 Å². The lowest BCUT2D eigenvalue weighted by molar-refractivity contribution is 0.103. The maximum atomic E-state index is 12.3. The highest BCUT2D eigenvalue weighted by Gasteiger charge is 2.17. The van der Waals surface area contributed by atoms with E-state index in [2.05, 4.69) is 5.32 Å². The van der Waals surface area contributed by atoms with Gasteiger partial charge >= 0.3 is 0 Å². The van der Waals surface area contributed by atoms with E-state index in [0.29, 0.717) is 5.69 Å². The molecule has 1 aliphatic carbocycles. The zero-order valence-electron chi connectivity index (χ0n) is 11.2. The van der Waals surface area contributed by atoms with Gasteiger partial charge in [-0.2, -0.15) is 0 Å². The van der Waals surface area contributed by atoms with Gasteiger partial charge in [0.25, 0.3) is 5.91 Å². The molecule has 0 spiro atoms. The zero-order valence-corrected chi connectivity index (χ0v) is 12.0. The van der Waals surface area contributed by atoms with Crippen molar-refractivity contribution in [3.05, 3.63) is 51.2 Å². The third-order valence-corrected chi connectivity index (χ3v) is 4.89. The Hall–Kier alpha value is -1.65. The molecule has 0 saturated heterocycles. The fraction of sp³-hybridized carbons (Fsp3) is 0.312. The van der Waals surface area contributed by atoms with Crippen LogP contribution in [0.2, 0.25) is 0 Å². The Balaban J connectivity index is 1.81. The molecule has 0 radical (unpaired) electrons. The summed E-state index contributed by atoms with van der Waals surface area (Å²) in [5.74, 6) is -0.0784. The molecule has 1 aromatic heterocycles. The van der Waals surface area contributed by atoms with Gasteiger partial charge in [0.05, 0.1) is 11.5 Å². The minimum Gasteiger partial charge on any atom is -0.392 e. The summed E-state index contributed by atoms with van der Waals surface area (Å²) in [4.78, 5) is 14.4. The third-order valence-electron chi connectivity index (χ3n) is 3.66. The van der Waals surface area contributed by atoms with E-state index in [9.17, 15) is 9.90 Å². The first-order valence-corrected chi connectivity index (χ1v) is 7.71. The number of para-hydroxylation sites is 1. The Labute approximate surface area is 122 Å². The second kappa shape index (κ2) is 5.77. The van der Waals surface area contributed by atoms with Crippen LogP contribution in [0.1, 0.15) is 38.5 Å². The number of thiophene rings is 1. The second-order valence-corrected chi connectivity index (χ2v) is 6.17. The number of carbonyl (C=O) groups is 1. The number of hydrogen-bond acceptors (Lipinski definition) is 3. The van der Waals surface area contributed by atoms with Gasteiger partial charge in [-0.1, -0.05) is 18.2 Å². The maximum absolute atomic E-state index is 12.3. The summed E-state index contributed by atoms with van der Waals surface area (Å²) >= 11 is 1.60. The Bertz CT molecular complexity index is 610. The average Bonchev–Trinajstić information content (AvgIpc) is 2.92. The van der Waals surface area contributed by atoms with Crippen molar-refractivity contribution in [1.82, 2.24) is 0 Å². The largest absolute Gasteiger partial charge is 0.392 e. The summed E-state index contributed by atoms with van der Waals surface area (Å²) in [6, 6.07) is 9.36. The van der Waals surface area contributed by atoms with Crippen molar-refractivity contribution in [2.75, 3.05) is 5.32 Å². The molecule has 104 valence electrons. The zero-order chi connectivity index (χ0) is 13.9. The van der Waals surface area contributed by atoms with Crippen LogP contribution in [0.4, 0.5) is 5.69 Å². The SMILES string of the molecule is O=C(Nc1ccccc1CO)c1cc2c(s1)CCCC2. The fourth-order valence-corrected chi connectivity index (χ4v) is 3.72. The van der Waals surface area contributed by atoms with E-state index in [1.807, 2.05) is 30.3 Å². The van der Waals surface area contributed by atoms with Gasteiger partial charge in [-0.25, -0.2) is 0 Å². The Morgan fingerprint density at radius 3 is 2.85 bits per heavy atom. The highest BCUT2D eigenvalue weighted by atomic mass is 32.1. The molecule has 1 heterocycles. The van der Waals surface area contributed by atoms with Gasteiger partial charge in [-0.05, 0) is 43.4 Å². The fourth-order valence-electron chi connectivity index (χ4n) is 2.57. The van der Waals surface area contributed by atoms with E-state index in [1.54, 1.807) is 11.3 Å². The molecule has 20 heavy (non-hydrogen) atoms. The maximum Gasteiger partial charge on any atom is 0.265 e. The van der Waals surface area contributed by atoms with Crippen LogP contribution in [-0.4, -0.2) is 11.0 Å². The van der Waals surface area contributed by atoms with Gasteiger partial charge in [0.2, 0.25) is 0 Å². The molecule has 2 N–H and O–H groups in total. The van der Waals surface area contributed by atoms with Gasteiger partial charge in [0.1, 0.15) is 0 Å². The van der Waals surface area contributed by atoms with Crippen molar-refractivity contribution in [1.29, 1.82) is 0 Å². The normalized spacial score (nSPS) is 13.8. The minimum absolute atomic E-state index is 0.0720. The van der Waals surface area contributed by atoms with Crippen LogP contribution in [-0.2, 0) is 19.4 Å². The molecule has 2 aromatic rings. The smallest absolute Gasteiger partial charge is 0.265 e. The number of benzene rings is 1. The average molecular weight is 287 g/mol. The molecule has 1 aliphatic rings. The van der Waals surface area contributed by atoms with Crippen LogP contribution < -0.4 is 5.32 Å². The summed E-state index contributed by atoms with van der Waals surface area (Å²) < 4.78 is 0. The Morgan fingerprint density at radius 2 is 2.05 bits per heavy atom. The van der Waals surface area contributed by atoms with Crippen LogP contribution in [0.3, 0.4) is 0 Å². The predicted octanol–water partition coefficient (Wildman–Crippen LogP) is 3.37. The van der Waals surface area contributed by atoms with Crippen molar-refractivity contribution in [3.8, 4) is 0 Å². The number of aryl methyl sites for hydroxylation is 2. The van der Waals surface area contributed by atoms with Crippen LogP contribution in [0.15, 0.2) is 30.3 Å². The molecule has 0 saturated carbocycles. The summed E-state index contributed by atoms with van der Waals surface area (Å²) in [5, 5.41) is 12.2. The molecule has 0 unspecified atom stereocenters. The topological polar surface area (TPSA) is 49.3 Å². The summed E-state index contributed by atoms with van der Waals surface area (Å²) in [6.07, 6.45) is 4.63. The first-order valence-electron chi connectivity index (χ1n) is 6.89. The van der Waals surface area contributed by atoms with Crippen molar-refractivity contribution in [2.45, 2.75) is 32.3 Å². The lowest BCUT2D eigenvalue weighted by Crippen LogP contribution is -2.11. The standard InChI is InChI=1S/C16H17NO2S/c18-10-12-6-1-3-7-13(12)17-16(19)15-9-11-5-2-4-8-14(11)20-15/h1,3,6-7,9,18H,2,4-5,8,10H2,(H,17,19). The first kappa shape index (κ1) is 13.3. The Morgan fingerprint density at radius 1 is 1.25 bits per heavy atom. The van der Waals surface area contributed by atoms with Gasteiger partial charge in [0, 0.05) is 16.1 Å². The molecular weight excluding hydrogens is 270 g/mol. The van der Waals surface area contributed by atoms with Crippen LogP contribution in [0, 0.1) is 0 Å². The van der Waals surface area contributed by atoms with Gasteiger partial charge in [-0.3, -0.25) is 4.79 Å². The predicted molar refractivity (Wildman–Crippen MR) is 81.3 cm³/mol. The van der Waals surface area contributed by atoms with E-state index < -0.39 is 0 Å². The highest BCUT2D eigenvalue weighted by molar-refractivity contribution is 7.14. The number of carbonyl (C=O) groups excluding carboxylic acids is 1. The molecule has 0 bridgehead atoms. The lowest BCUT2D eigenvalue weighted by Gasteiger charge is -2.08. The van der Waals surface area contributed by atoms with Crippen molar-refractivity contribution < 1.29 is 9.90 Å². The quantitative estimate of drug-likeness (QED) is 0.909. The molecule has 0 fully saturated rings. The lowest BCUT2D eigenvalue weighted by atomic mass is 9.99. The number of fused-ring (bicyclic) bond motifs is 1. The molecule has 4 heteroatoms. The van der Waals surface area contributed by atoms with E-state index in [4.69, 9.17) is 0 Å². The number of hydrogen-bond donors (Lipinski definition) is 2. The van der Waals surface area contributed by atoms with Crippen molar-refractivity contribution >= 4 is 22.9 Å². The van der Waals surface area contributed by atoms with E-state index in [0.717, 1.165) is 23.3 Å². The van der Waals surface area contributed by atoms with E-state index >= 15 is 0 Å². The second-order valence-electron chi connectivity index (χ2n) is 5.04. The summed E-state index contributed by atoms with van der Waals surface area (Å²) in [5.41, 5.74) is 2.76. The third kappa shape index (κ3) is 2.62. The van der Waals surface area contributed by atoms with Gasteiger partial charge < -0.3 is 10.4 Å². The Kier molecular flexibility index (Phi) is 3.85. The highest BCUT2D eigenvalue weighted by Crippen LogP contribution is 2.30. The van der Waals surface area contributed by atoms with Crippen molar-refractivity contribution in [2.24, 2.45) is 0 Å². The molecule has 3 rings (SSSR count). The summed E-state index contributed by atoms with van der Waals surface area (Å²) in [6.45, 7) is -0.0720. The molecule has 0 aliphatic heterocycles. The summed E-state index contributed by atoms with van der Waals surface area (Å²) in [7, 11) is 0. The number of rotatable bonds is 3. The number of aliphatic hydroxyl groups excluding tert-OH is 1. The van der Waals surface area contributed by atoms with Crippen molar-refractivity contribution in [3.63, 3.8) is 0 Å². The molecule has 0 atom stereocenters. The van der Waals surface area contributed by atoms with Crippen LogP contribution in [0.25, 0.3) is 0 Å².